The summed E-state index contributed by atoms with van der Waals surface area (Å²) in [6, 6.07) is -0.171. The van der Waals surface area contributed by atoms with Crippen molar-refractivity contribution < 1.29 is 18.8 Å². The molecule has 2 amide bonds. The van der Waals surface area contributed by atoms with Gasteiger partial charge in [-0.1, -0.05) is 52.9 Å². The molecule has 6 nitrogen and oxygen atoms in total. The molecule has 0 unspecified atom stereocenters. The van der Waals surface area contributed by atoms with Gasteiger partial charge in [-0.25, -0.2) is 4.79 Å². The highest BCUT2D eigenvalue weighted by molar-refractivity contribution is 6.74. The van der Waals surface area contributed by atoms with Crippen molar-refractivity contribution in [3.8, 4) is 0 Å². The van der Waals surface area contributed by atoms with Gasteiger partial charge in [0.1, 0.15) is 5.60 Å². The fourth-order valence-electron chi connectivity index (χ4n) is 4.46. The van der Waals surface area contributed by atoms with E-state index in [-0.39, 0.29) is 23.1 Å². The molecule has 1 heterocycles. The molecule has 0 radical (unpaired) electrons. The fourth-order valence-corrected chi connectivity index (χ4v) is 5.81. The first kappa shape index (κ1) is 27.2. The van der Waals surface area contributed by atoms with E-state index in [9.17, 15) is 9.59 Å². The van der Waals surface area contributed by atoms with E-state index in [0.717, 1.165) is 19.4 Å². The van der Waals surface area contributed by atoms with E-state index in [0.29, 0.717) is 18.9 Å². The van der Waals surface area contributed by atoms with E-state index in [1.807, 2.05) is 25.7 Å². The maximum absolute atomic E-state index is 12.8. The molecule has 186 valence electrons. The molecule has 0 spiro atoms. The van der Waals surface area contributed by atoms with Crippen LogP contribution < -0.4 is 5.32 Å². The highest BCUT2D eigenvalue weighted by atomic mass is 28.4. The first-order chi connectivity index (χ1) is 14.7. The average molecular weight is 469 g/mol. The van der Waals surface area contributed by atoms with Crippen molar-refractivity contribution in [3.05, 3.63) is 0 Å². The van der Waals surface area contributed by atoms with Gasteiger partial charge >= 0.3 is 6.09 Å². The van der Waals surface area contributed by atoms with E-state index in [1.54, 1.807) is 0 Å². The minimum Gasteiger partial charge on any atom is -0.444 e. The van der Waals surface area contributed by atoms with Crippen molar-refractivity contribution in [3.63, 3.8) is 0 Å². The lowest BCUT2D eigenvalue weighted by molar-refractivity contribution is -0.129. The van der Waals surface area contributed by atoms with Crippen LogP contribution in [-0.4, -0.2) is 56.1 Å². The number of ether oxygens (including phenoxy) is 1. The van der Waals surface area contributed by atoms with Crippen LogP contribution in [0.5, 0.6) is 0 Å². The lowest BCUT2D eigenvalue weighted by atomic mass is 9.83. The second-order valence-corrected chi connectivity index (χ2v) is 17.1. The molecular weight excluding hydrogens is 420 g/mol. The molecule has 0 aromatic rings. The number of rotatable bonds is 8. The van der Waals surface area contributed by atoms with Gasteiger partial charge in [0.05, 0.1) is 12.1 Å². The summed E-state index contributed by atoms with van der Waals surface area (Å²) in [6.45, 7) is 18.2. The average Bonchev–Trinajstić information content (AvgIpc) is 3.03. The SMILES string of the molecule is CC(C)(C)OC(=O)N[C@@H](CC1CCCCC1)[C@H](CN1CCCC1=O)O[Si](C)(C)C(C)(C)C. The standard InChI is InChI=1S/C25H48N2O4Si/c1-24(2,3)30-23(29)26-20(17-19-13-10-9-11-14-19)21(18-27-16-12-15-22(27)28)31-32(7,8)25(4,5)6/h19-21H,9-18H2,1-8H3,(H,26,29)/t20-,21-/m0/s1. The highest BCUT2D eigenvalue weighted by Gasteiger charge is 2.42. The van der Waals surface area contributed by atoms with Crippen LogP contribution in [0.1, 0.15) is 92.9 Å². The third kappa shape index (κ3) is 8.36. The molecule has 0 aromatic carbocycles. The predicted molar refractivity (Wildman–Crippen MR) is 132 cm³/mol. The summed E-state index contributed by atoms with van der Waals surface area (Å²) in [6.07, 6.45) is 7.96. The van der Waals surface area contributed by atoms with Gasteiger partial charge in [-0.2, -0.15) is 0 Å². The monoisotopic (exact) mass is 468 g/mol. The van der Waals surface area contributed by atoms with Crippen LogP contribution in [0.3, 0.4) is 0 Å². The second kappa shape index (κ2) is 10.9. The minimum absolute atomic E-state index is 0.0432. The molecule has 2 rings (SSSR count). The number of likely N-dealkylation sites (tertiary alicyclic amines) is 1. The Morgan fingerprint density at radius 1 is 1.09 bits per heavy atom. The smallest absolute Gasteiger partial charge is 0.407 e. The molecule has 1 saturated heterocycles. The van der Waals surface area contributed by atoms with Crippen molar-refractivity contribution in [1.29, 1.82) is 0 Å². The molecule has 0 aromatic heterocycles. The number of alkyl carbamates (subject to hydrolysis) is 1. The van der Waals surface area contributed by atoms with Crippen molar-refractivity contribution in [2.75, 3.05) is 13.1 Å². The Balaban J connectivity index is 2.28. The summed E-state index contributed by atoms with van der Waals surface area (Å²) in [5.74, 6) is 0.769. The van der Waals surface area contributed by atoms with Crippen LogP contribution in [0.25, 0.3) is 0 Å². The Hall–Kier alpha value is -1.08. The molecule has 1 saturated carbocycles. The number of carbonyl (C=O) groups is 2. The summed E-state index contributed by atoms with van der Waals surface area (Å²) < 4.78 is 12.5. The van der Waals surface area contributed by atoms with Crippen LogP contribution in [0.2, 0.25) is 18.1 Å². The van der Waals surface area contributed by atoms with Crippen molar-refractivity contribution in [2.24, 2.45) is 5.92 Å². The maximum Gasteiger partial charge on any atom is 0.407 e. The van der Waals surface area contributed by atoms with Gasteiger partial charge < -0.3 is 19.4 Å². The Kier molecular flexibility index (Phi) is 9.25. The number of carbonyl (C=O) groups excluding carboxylic acids is 2. The van der Waals surface area contributed by atoms with Crippen LogP contribution in [0.15, 0.2) is 0 Å². The van der Waals surface area contributed by atoms with Gasteiger partial charge in [-0.3, -0.25) is 4.79 Å². The quantitative estimate of drug-likeness (QED) is 0.453. The number of hydrogen-bond acceptors (Lipinski definition) is 4. The highest BCUT2D eigenvalue weighted by Crippen LogP contribution is 2.38. The Morgan fingerprint density at radius 3 is 2.22 bits per heavy atom. The largest absolute Gasteiger partial charge is 0.444 e. The summed E-state index contributed by atoms with van der Waals surface area (Å²) in [7, 11) is -2.12. The van der Waals surface area contributed by atoms with Crippen molar-refractivity contribution >= 4 is 20.3 Å². The van der Waals surface area contributed by atoms with Gasteiger partial charge in [0.25, 0.3) is 0 Å². The van der Waals surface area contributed by atoms with Crippen molar-refractivity contribution in [1.82, 2.24) is 10.2 Å². The van der Waals surface area contributed by atoms with Gasteiger partial charge in [0.2, 0.25) is 5.91 Å². The zero-order chi connectivity index (χ0) is 24.2. The van der Waals surface area contributed by atoms with Gasteiger partial charge in [-0.15, -0.1) is 0 Å². The molecule has 1 aliphatic heterocycles. The lowest BCUT2D eigenvalue weighted by Gasteiger charge is -2.43. The first-order valence-corrected chi connectivity index (χ1v) is 15.5. The maximum atomic E-state index is 12.8. The predicted octanol–water partition coefficient (Wildman–Crippen LogP) is 5.86. The van der Waals surface area contributed by atoms with Crippen LogP contribution in [0, 0.1) is 5.92 Å². The topological polar surface area (TPSA) is 67.9 Å². The van der Waals surface area contributed by atoms with Crippen LogP contribution in [-0.2, 0) is 14.0 Å². The summed E-state index contributed by atoms with van der Waals surface area (Å²) in [4.78, 5) is 27.2. The molecule has 1 aliphatic carbocycles. The third-order valence-electron chi connectivity index (χ3n) is 7.29. The zero-order valence-corrected chi connectivity index (χ0v) is 22.9. The molecule has 2 aliphatic rings. The molecular formula is C25H48N2O4Si. The number of nitrogens with one attached hydrogen (secondary N) is 1. The Morgan fingerprint density at radius 2 is 1.72 bits per heavy atom. The minimum atomic E-state index is -2.12. The van der Waals surface area contributed by atoms with Gasteiger partial charge in [-0.05, 0) is 57.7 Å². The molecule has 2 atom stereocenters. The zero-order valence-electron chi connectivity index (χ0n) is 21.9. The first-order valence-electron chi connectivity index (χ1n) is 12.6. The number of amides is 2. The van der Waals surface area contributed by atoms with E-state index in [1.165, 1.54) is 32.1 Å². The number of hydrogen-bond donors (Lipinski definition) is 1. The molecule has 32 heavy (non-hydrogen) atoms. The molecule has 1 N–H and O–H groups in total. The fraction of sp³-hybridized carbons (Fsp3) is 0.920. The molecule has 7 heteroatoms. The Bertz CT molecular complexity index is 633. The molecule has 2 fully saturated rings. The van der Waals surface area contributed by atoms with E-state index in [2.05, 4.69) is 39.2 Å². The van der Waals surface area contributed by atoms with Gasteiger partial charge in [0.15, 0.2) is 8.32 Å². The van der Waals surface area contributed by atoms with Crippen LogP contribution in [0.4, 0.5) is 4.79 Å². The summed E-state index contributed by atoms with van der Waals surface area (Å²) in [5.41, 5.74) is -0.555. The summed E-state index contributed by atoms with van der Waals surface area (Å²) >= 11 is 0. The second-order valence-electron chi connectivity index (χ2n) is 12.4. The van der Waals surface area contributed by atoms with Gasteiger partial charge in [0, 0.05) is 19.5 Å². The van der Waals surface area contributed by atoms with E-state index in [4.69, 9.17) is 9.16 Å². The molecule has 0 bridgehead atoms. The van der Waals surface area contributed by atoms with E-state index >= 15 is 0 Å². The number of nitrogens with zero attached hydrogens (tertiary/aromatic N) is 1. The van der Waals surface area contributed by atoms with Crippen molar-refractivity contribution in [2.45, 2.75) is 129 Å². The summed E-state index contributed by atoms with van der Waals surface area (Å²) in [5, 5.41) is 3.23. The van der Waals surface area contributed by atoms with E-state index < -0.39 is 20.0 Å². The third-order valence-corrected chi connectivity index (χ3v) is 11.8. The van der Waals surface area contributed by atoms with Crippen LogP contribution >= 0.6 is 0 Å². The Labute approximate surface area is 197 Å². The lowest BCUT2D eigenvalue weighted by Crippen LogP contribution is -2.56. The normalized spacial score (nSPS) is 20.9.